The number of nitrogens with zero attached hydrogens (tertiary/aromatic N) is 1. The zero-order chi connectivity index (χ0) is 16.8. The summed E-state index contributed by atoms with van der Waals surface area (Å²) in [4.78, 5) is 12.0. The maximum atomic E-state index is 12.0. The fourth-order valence-corrected chi connectivity index (χ4v) is 2.45. The van der Waals surface area contributed by atoms with E-state index in [1.807, 2.05) is 77.6 Å². The molecule has 3 rings (SSSR count). The zero-order valence-electron chi connectivity index (χ0n) is 13.3. The highest BCUT2D eigenvalue weighted by atomic mass is 16.2. The summed E-state index contributed by atoms with van der Waals surface area (Å²) in [6.07, 6.45) is 3.95. The number of urea groups is 1. The number of hydrogen-bond acceptors (Lipinski definition) is 2. The van der Waals surface area contributed by atoms with Gasteiger partial charge >= 0.3 is 6.03 Å². The van der Waals surface area contributed by atoms with Crippen molar-refractivity contribution in [1.82, 2.24) is 9.88 Å². The minimum absolute atomic E-state index is 0.234. The molecule has 0 bridgehead atoms. The number of nitrogens with one attached hydrogen (secondary N) is 2. The van der Waals surface area contributed by atoms with Gasteiger partial charge in [0.25, 0.3) is 0 Å². The summed E-state index contributed by atoms with van der Waals surface area (Å²) in [6, 6.07) is 19.2. The predicted octanol–water partition coefficient (Wildman–Crippen LogP) is 3.26. The molecule has 24 heavy (non-hydrogen) atoms. The number of amides is 2. The molecule has 2 amide bonds. The van der Waals surface area contributed by atoms with Crippen LogP contribution in [0.15, 0.2) is 73.1 Å². The lowest BCUT2D eigenvalue weighted by atomic mass is 10.1. The number of nitrogens with two attached hydrogens (primary N) is 1. The van der Waals surface area contributed by atoms with Crippen molar-refractivity contribution in [3.63, 3.8) is 0 Å². The van der Waals surface area contributed by atoms with Crippen molar-refractivity contribution in [2.45, 2.75) is 13.1 Å². The fourth-order valence-electron chi connectivity index (χ4n) is 2.45. The SMILES string of the molecule is NCc1cccc(CNC(=O)Nc2ccc(-n3cccc3)cc2)c1. The number of hydrogen-bond donors (Lipinski definition) is 3. The van der Waals surface area contributed by atoms with Crippen molar-refractivity contribution in [1.29, 1.82) is 0 Å². The van der Waals surface area contributed by atoms with Gasteiger partial charge in [0.1, 0.15) is 0 Å². The van der Waals surface area contributed by atoms with E-state index in [0.717, 1.165) is 22.5 Å². The molecule has 4 N–H and O–H groups in total. The highest BCUT2D eigenvalue weighted by molar-refractivity contribution is 5.89. The van der Waals surface area contributed by atoms with Crippen LogP contribution >= 0.6 is 0 Å². The fraction of sp³-hybridized carbons (Fsp3) is 0.105. The minimum Gasteiger partial charge on any atom is -0.334 e. The lowest BCUT2D eigenvalue weighted by molar-refractivity contribution is 0.251. The Morgan fingerprint density at radius 2 is 1.67 bits per heavy atom. The van der Waals surface area contributed by atoms with E-state index in [2.05, 4.69) is 10.6 Å². The molecule has 0 unspecified atom stereocenters. The maximum absolute atomic E-state index is 12.0. The predicted molar refractivity (Wildman–Crippen MR) is 96.0 cm³/mol. The summed E-state index contributed by atoms with van der Waals surface area (Å²) in [7, 11) is 0. The first-order valence-corrected chi connectivity index (χ1v) is 7.81. The van der Waals surface area contributed by atoms with Crippen molar-refractivity contribution in [2.24, 2.45) is 5.73 Å². The third-order valence-corrected chi connectivity index (χ3v) is 3.71. The Kier molecular flexibility index (Phi) is 4.93. The van der Waals surface area contributed by atoms with Crippen LogP contribution in [0.4, 0.5) is 10.5 Å². The quantitative estimate of drug-likeness (QED) is 0.675. The van der Waals surface area contributed by atoms with Gasteiger partial charge in [-0.05, 0) is 47.5 Å². The molecular weight excluding hydrogens is 300 g/mol. The van der Waals surface area contributed by atoms with Crippen LogP contribution < -0.4 is 16.4 Å². The Bertz CT molecular complexity index is 794. The lowest BCUT2D eigenvalue weighted by Crippen LogP contribution is -2.28. The molecular formula is C19H20N4O. The van der Waals surface area contributed by atoms with Crippen LogP contribution in [-0.2, 0) is 13.1 Å². The Morgan fingerprint density at radius 1 is 0.958 bits per heavy atom. The molecule has 0 aliphatic heterocycles. The van der Waals surface area contributed by atoms with Gasteiger partial charge in [-0.1, -0.05) is 24.3 Å². The smallest absolute Gasteiger partial charge is 0.319 e. The molecule has 2 aromatic carbocycles. The first kappa shape index (κ1) is 15.8. The minimum atomic E-state index is -0.234. The second kappa shape index (κ2) is 7.48. The van der Waals surface area contributed by atoms with Gasteiger partial charge in [-0.25, -0.2) is 4.79 Å². The highest BCUT2D eigenvalue weighted by Crippen LogP contribution is 2.13. The number of anilines is 1. The van der Waals surface area contributed by atoms with Crippen LogP contribution in [-0.4, -0.2) is 10.6 Å². The molecule has 0 aliphatic carbocycles. The van der Waals surface area contributed by atoms with E-state index in [-0.39, 0.29) is 6.03 Å². The first-order valence-electron chi connectivity index (χ1n) is 7.81. The average molecular weight is 320 g/mol. The van der Waals surface area contributed by atoms with Crippen LogP contribution in [0.25, 0.3) is 5.69 Å². The van der Waals surface area contributed by atoms with Gasteiger partial charge in [0.05, 0.1) is 0 Å². The number of rotatable bonds is 5. The van der Waals surface area contributed by atoms with Crippen LogP contribution in [0, 0.1) is 0 Å². The van der Waals surface area contributed by atoms with E-state index in [1.54, 1.807) is 0 Å². The van der Waals surface area contributed by atoms with Crippen LogP contribution in [0.5, 0.6) is 0 Å². The lowest BCUT2D eigenvalue weighted by Gasteiger charge is -2.09. The van der Waals surface area contributed by atoms with Gasteiger partial charge in [-0.15, -0.1) is 0 Å². The molecule has 5 heteroatoms. The number of carbonyl (C=O) groups excluding carboxylic acids is 1. The van der Waals surface area contributed by atoms with Crippen molar-refractivity contribution >= 4 is 11.7 Å². The third kappa shape index (κ3) is 4.02. The normalized spacial score (nSPS) is 10.4. The summed E-state index contributed by atoms with van der Waals surface area (Å²) in [5.41, 5.74) is 9.49. The van der Waals surface area contributed by atoms with Crippen LogP contribution in [0.3, 0.4) is 0 Å². The largest absolute Gasteiger partial charge is 0.334 e. The van der Waals surface area contributed by atoms with Crippen molar-refractivity contribution in [3.8, 4) is 5.69 Å². The molecule has 0 spiro atoms. The standard InChI is InChI=1S/C19H20N4O/c20-13-15-4-3-5-16(12-15)14-21-19(24)22-17-6-8-18(9-7-17)23-10-1-2-11-23/h1-12H,13-14,20H2,(H2,21,22,24). The van der Waals surface area contributed by atoms with Gasteiger partial charge in [0.2, 0.25) is 0 Å². The summed E-state index contributed by atoms with van der Waals surface area (Å²) in [5, 5.41) is 5.67. The third-order valence-electron chi connectivity index (χ3n) is 3.71. The second-order valence-corrected chi connectivity index (χ2v) is 5.47. The van der Waals surface area contributed by atoms with Gasteiger partial charge in [0, 0.05) is 36.9 Å². The molecule has 0 aliphatic rings. The van der Waals surface area contributed by atoms with E-state index in [1.165, 1.54) is 0 Å². The average Bonchev–Trinajstić information content (AvgIpc) is 3.15. The van der Waals surface area contributed by atoms with Crippen molar-refractivity contribution in [2.75, 3.05) is 5.32 Å². The van der Waals surface area contributed by atoms with Crippen molar-refractivity contribution < 1.29 is 4.79 Å². The van der Waals surface area contributed by atoms with Gasteiger partial charge in [-0.3, -0.25) is 0 Å². The highest BCUT2D eigenvalue weighted by Gasteiger charge is 2.03. The Balaban J connectivity index is 1.54. The molecule has 122 valence electrons. The van der Waals surface area contributed by atoms with Gasteiger partial charge in [0.15, 0.2) is 0 Å². The van der Waals surface area contributed by atoms with E-state index >= 15 is 0 Å². The Hall–Kier alpha value is -3.05. The number of benzene rings is 2. The van der Waals surface area contributed by atoms with E-state index in [0.29, 0.717) is 13.1 Å². The van der Waals surface area contributed by atoms with Crippen LogP contribution in [0.1, 0.15) is 11.1 Å². The molecule has 0 atom stereocenters. The summed E-state index contributed by atoms with van der Waals surface area (Å²) >= 11 is 0. The second-order valence-electron chi connectivity index (χ2n) is 5.47. The molecule has 0 fully saturated rings. The van der Waals surface area contributed by atoms with Gasteiger partial charge in [-0.2, -0.15) is 0 Å². The Labute approximate surface area is 141 Å². The molecule has 1 aromatic heterocycles. The maximum Gasteiger partial charge on any atom is 0.319 e. The number of aromatic nitrogens is 1. The Morgan fingerprint density at radius 3 is 2.38 bits per heavy atom. The van der Waals surface area contributed by atoms with E-state index in [9.17, 15) is 4.79 Å². The topological polar surface area (TPSA) is 72.1 Å². The van der Waals surface area contributed by atoms with Crippen molar-refractivity contribution in [3.05, 3.63) is 84.2 Å². The van der Waals surface area contributed by atoms with Gasteiger partial charge < -0.3 is 20.9 Å². The summed E-state index contributed by atoms with van der Waals surface area (Å²) in [5.74, 6) is 0. The van der Waals surface area contributed by atoms with E-state index in [4.69, 9.17) is 5.73 Å². The summed E-state index contributed by atoms with van der Waals surface area (Å²) < 4.78 is 2.01. The molecule has 5 nitrogen and oxygen atoms in total. The monoisotopic (exact) mass is 320 g/mol. The zero-order valence-corrected chi connectivity index (χ0v) is 13.3. The summed E-state index contributed by atoms with van der Waals surface area (Å²) in [6.45, 7) is 0.953. The van der Waals surface area contributed by atoms with Crippen LogP contribution in [0.2, 0.25) is 0 Å². The number of carbonyl (C=O) groups is 1. The molecule has 0 saturated heterocycles. The van der Waals surface area contributed by atoms with E-state index < -0.39 is 0 Å². The molecule has 1 heterocycles. The molecule has 0 radical (unpaired) electrons. The molecule has 0 saturated carbocycles. The molecule has 3 aromatic rings. The first-order chi connectivity index (χ1) is 11.7.